The zero-order valence-corrected chi connectivity index (χ0v) is 10.2. The zero-order valence-electron chi connectivity index (χ0n) is 10.2. The molecule has 0 aliphatic heterocycles. The maximum Gasteiger partial charge on any atom is 0.186 e. The molecule has 0 aliphatic rings. The number of carbonyl (C=O) groups excluding carboxylic acids is 1. The molecule has 19 heavy (non-hydrogen) atoms. The molecule has 2 heterocycles. The number of nitrogens with one attached hydrogen (secondary N) is 1. The van der Waals surface area contributed by atoms with Crippen LogP contribution in [0, 0.1) is 0 Å². The lowest BCUT2D eigenvalue weighted by Gasteiger charge is -1.92. The van der Waals surface area contributed by atoms with Crippen LogP contribution >= 0.6 is 0 Å². The Bertz CT molecular complexity index is 709. The molecule has 0 atom stereocenters. The molecule has 0 spiro atoms. The molecule has 1 aromatic carbocycles. The van der Waals surface area contributed by atoms with Gasteiger partial charge >= 0.3 is 0 Å². The van der Waals surface area contributed by atoms with Gasteiger partial charge in [0.15, 0.2) is 5.78 Å². The molecule has 3 nitrogen and oxygen atoms in total. The summed E-state index contributed by atoms with van der Waals surface area (Å²) in [4.78, 5) is 19.0. The number of hydrogen-bond donors (Lipinski definition) is 1. The highest BCUT2D eigenvalue weighted by atomic mass is 16.1. The molecular formula is C16H12N2O. The smallest absolute Gasteiger partial charge is 0.186 e. The molecule has 3 rings (SSSR count). The van der Waals surface area contributed by atoms with Crippen LogP contribution in [0.1, 0.15) is 16.1 Å². The number of pyridine rings is 1. The number of allylic oxidation sites excluding steroid dienone is 1. The molecule has 0 unspecified atom stereocenters. The van der Waals surface area contributed by atoms with Crippen LogP contribution in [0.25, 0.3) is 17.0 Å². The SMILES string of the molecule is O=C(/C=C/c1cc2ccccc2[nH]1)c1ccncc1. The van der Waals surface area contributed by atoms with E-state index in [0.29, 0.717) is 5.56 Å². The third kappa shape index (κ3) is 2.45. The molecular weight excluding hydrogens is 236 g/mol. The van der Waals surface area contributed by atoms with Crippen molar-refractivity contribution in [2.45, 2.75) is 0 Å². The molecule has 0 saturated heterocycles. The number of ketones is 1. The van der Waals surface area contributed by atoms with E-state index in [1.807, 2.05) is 30.3 Å². The maximum absolute atomic E-state index is 11.9. The van der Waals surface area contributed by atoms with Crippen molar-refractivity contribution in [3.63, 3.8) is 0 Å². The summed E-state index contributed by atoms with van der Waals surface area (Å²) in [6.45, 7) is 0. The second kappa shape index (κ2) is 4.90. The van der Waals surface area contributed by atoms with Gasteiger partial charge in [0.2, 0.25) is 0 Å². The van der Waals surface area contributed by atoms with Crippen molar-refractivity contribution in [1.82, 2.24) is 9.97 Å². The van der Waals surface area contributed by atoms with Crippen LogP contribution in [0.15, 0.2) is 60.9 Å². The van der Waals surface area contributed by atoms with Crippen LogP contribution < -0.4 is 0 Å². The quantitative estimate of drug-likeness (QED) is 0.570. The van der Waals surface area contributed by atoms with Gasteiger partial charge in [0.1, 0.15) is 0 Å². The molecule has 0 saturated carbocycles. The fourth-order valence-corrected chi connectivity index (χ4v) is 1.96. The van der Waals surface area contributed by atoms with Gasteiger partial charge in [-0.2, -0.15) is 0 Å². The predicted octanol–water partition coefficient (Wildman–Crippen LogP) is 3.46. The van der Waals surface area contributed by atoms with Crippen molar-refractivity contribution < 1.29 is 4.79 Å². The van der Waals surface area contributed by atoms with Crippen molar-refractivity contribution in [3.8, 4) is 0 Å². The molecule has 92 valence electrons. The minimum atomic E-state index is -0.0268. The summed E-state index contributed by atoms with van der Waals surface area (Å²) in [5.74, 6) is -0.0268. The number of aromatic amines is 1. The monoisotopic (exact) mass is 248 g/mol. The summed E-state index contributed by atoms with van der Waals surface area (Å²) in [6, 6.07) is 13.5. The highest BCUT2D eigenvalue weighted by molar-refractivity contribution is 6.06. The van der Waals surface area contributed by atoms with Gasteiger partial charge in [0, 0.05) is 29.2 Å². The van der Waals surface area contributed by atoms with Gasteiger partial charge < -0.3 is 4.98 Å². The molecule has 0 amide bonds. The molecule has 1 N–H and O–H groups in total. The van der Waals surface area contributed by atoms with E-state index in [1.54, 1.807) is 36.7 Å². The van der Waals surface area contributed by atoms with Crippen LogP contribution in [0.3, 0.4) is 0 Å². The second-order valence-electron chi connectivity index (χ2n) is 4.25. The summed E-state index contributed by atoms with van der Waals surface area (Å²) in [7, 11) is 0. The van der Waals surface area contributed by atoms with Crippen LogP contribution in [0.2, 0.25) is 0 Å². The van der Waals surface area contributed by atoms with Crippen molar-refractivity contribution in [1.29, 1.82) is 0 Å². The van der Waals surface area contributed by atoms with Crippen LogP contribution in [0.4, 0.5) is 0 Å². The van der Waals surface area contributed by atoms with Gasteiger partial charge in [-0.15, -0.1) is 0 Å². The third-order valence-electron chi connectivity index (χ3n) is 2.93. The highest BCUT2D eigenvalue weighted by Crippen LogP contribution is 2.15. The molecule has 0 radical (unpaired) electrons. The molecule has 2 aromatic heterocycles. The summed E-state index contributed by atoms with van der Waals surface area (Å²) < 4.78 is 0. The molecule has 3 aromatic rings. The summed E-state index contributed by atoms with van der Waals surface area (Å²) >= 11 is 0. The maximum atomic E-state index is 11.9. The average molecular weight is 248 g/mol. The number of H-pyrrole nitrogens is 1. The number of para-hydroxylation sites is 1. The fraction of sp³-hybridized carbons (Fsp3) is 0. The summed E-state index contributed by atoms with van der Waals surface area (Å²) in [6.07, 6.45) is 6.59. The van der Waals surface area contributed by atoms with Crippen LogP contribution in [-0.2, 0) is 0 Å². The Hall–Kier alpha value is -2.68. The number of fused-ring (bicyclic) bond motifs is 1. The molecule has 0 aliphatic carbocycles. The van der Waals surface area contributed by atoms with Gasteiger partial charge in [0.25, 0.3) is 0 Å². The number of nitrogens with zero attached hydrogens (tertiary/aromatic N) is 1. The average Bonchev–Trinajstić information content (AvgIpc) is 2.88. The third-order valence-corrected chi connectivity index (χ3v) is 2.93. The molecule has 0 bridgehead atoms. The number of benzene rings is 1. The van der Waals surface area contributed by atoms with Crippen molar-refractivity contribution in [2.75, 3.05) is 0 Å². The standard InChI is InChI=1S/C16H12N2O/c19-16(12-7-9-17-10-8-12)6-5-14-11-13-3-1-2-4-15(13)18-14/h1-11,18H/b6-5+. The van der Waals surface area contributed by atoms with Crippen molar-refractivity contribution in [2.24, 2.45) is 0 Å². The number of hydrogen-bond acceptors (Lipinski definition) is 2. The van der Waals surface area contributed by atoms with E-state index in [4.69, 9.17) is 0 Å². The van der Waals surface area contributed by atoms with E-state index in [9.17, 15) is 4.79 Å². The minimum Gasteiger partial charge on any atom is -0.355 e. The minimum absolute atomic E-state index is 0.0268. The normalized spacial score (nSPS) is 11.2. The molecule has 3 heteroatoms. The topological polar surface area (TPSA) is 45.8 Å². The fourth-order valence-electron chi connectivity index (χ4n) is 1.96. The van der Waals surface area contributed by atoms with Gasteiger partial charge in [-0.3, -0.25) is 9.78 Å². The lowest BCUT2D eigenvalue weighted by Crippen LogP contribution is -1.93. The van der Waals surface area contributed by atoms with Crippen molar-refractivity contribution in [3.05, 3.63) is 72.2 Å². The lowest BCUT2D eigenvalue weighted by atomic mass is 10.1. The number of carbonyl (C=O) groups is 1. The Morgan fingerprint density at radius 3 is 2.68 bits per heavy atom. The first-order chi connectivity index (χ1) is 9.33. The van der Waals surface area contributed by atoms with Gasteiger partial charge in [-0.1, -0.05) is 18.2 Å². The van der Waals surface area contributed by atoms with Crippen LogP contribution in [0.5, 0.6) is 0 Å². The van der Waals surface area contributed by atoms with Gasteiger partial charge in [-0.05, 0) is 41.8 Å². The molecule has 0 fully saturated rings. The first-order valence-electron chi connectivity index (χ1n) is 6.03. The Kier molecular flexibility index (Phi) is 2.94. The lowest BCUT2D eigenvalue weighted by molar-refractivity contribution is 0.104. The number of aromatic nitrogens is 2. The summed E-state index contributed by atoms with van der Waals surface area (Å²) in [5.41, 5.74) is 2.63. The Balaban J connectivity index is 1.84. The van der Waals surface area contributed by atoms with Gasteiger partial charge in [0.05, 0.1) is 0 Å². The largest absolute Gasteiger partial charge is 0.355 e. The Labute approximate surface area is 110 Å². The first kappa shape index (κ1) is 11.4. The van der Waals surface area contributed by atoms with E-state index < -0.39 is 0 Å². The van der Waals surface area contributed by atoms with Crippen LogP contribution in [-0.4, -0.2) is 15.8 Å². The van der Waals surface area contributed by atoms with E-state index in [0.717, 1.165) is 16.6 Å². The highest BCUT2D eigenvalue weighted by Gasteiger charge is 2.01. The van der Waals surface area contributed by atoms with Gasteiger partial charge in [-0.25, -0.2) is 0 Å². The van der Waals surface area contributed by atoms with E-state index in [-0.39, 0.29) is 5.78 Å². The predicted molar refractivity (Wildman–Crippen MR) is 75.9 cm³/mol. The van der Waals surface area contributed by atoms with E-state index in [1.165, 1.54) is 0 Å². The number of rotatable bonds is 3. The zero-order chi connectivity index (χ0) is 13.1. The summed E-state index contributed by atoms with van der Waals surface area (Å²) in [5, 5.41) is 1.14. The first-order valence-corrected chi connectivity index (χ1v) is 6.03. The second-order valence-corrected chi connectivity index (χ2v) is 4.25. The Morgan fingerprint density at radius 2 is 1.89 bits per heavy atom. The van der Waals surface area contributed by atoms with Crippen molar-refractivity contribution >= 4 is 22.8 Å². The van der Waals surface area contributed by atoms with E-state index in [2.05, 4.69) is 9.97 Å². The van der Waals surface area contributed by atoms with E-state index >= 15 is 0 Å². The Morgan fingerprint density at radius 1 is 1.11 bits per heavy atom.